The summed E-state index contributed by atoms with van der Waals surface area (Å²) in [7, 11) is 0. The molecule has 9 aromatic rings. The Hall–Kier alpha value is -7.30. The van der Waals surface area contributed by atoms with Crippen molar-refractivity contribution in [1.29, 1.82) is 0 Å². The number of benzene rings is 5. The summed E-state index contributed by atoms with van der Waals surface area (Å²) in [6, 6.07) is 56.6. The van der Waals surface area contributed by atoms with E-state index in [1.807, 2.05) is 73.8 Å². The van der Waals surface area contributed by atoms with Crippen LogP contribution in [0.15, 0.2) is 207 Å². The Labute approximate surface area is 315 Å². The second-order valence-corrected chi connectivity index (χ2v) is 13.2. The molecule has 4 nitrogen and oxygen atoms in total. The summed E-state index contributed by atoms with van der Waals surface area (Å²) in [4.78, 5) is 16.9. The monoisotopic (exact) mass is 690 g/mol. The lowest BCUT2D eigenvalue weighted by Gasteiger charge is -2.21. The summed E-state index contributed by atoms with van der Waals surface area (Å²) in [5.41, 5.74) is 18.4. The molecule has 5 aromatic carbocycles. The molecular weight excluding hydrogens is 657 g/mol. The van der Waals surface area contributed by atoms with Gasteiger partial charge in [-0.05, 0) is 138 Å². The Kier molecular flexibility index (Phi) is 8.90. The van der Waals surface area contributed by atoms with E-state index in [-0.39, 0.29) is 0 Å². The number of hydrogen-bond donors (Lipinski definition) is 0. The van der Waals surface area contributed by atoms with Gasteiger partial charge < -0.3 is 0 Å². The van der Waals surface area contributed by atoms with Crippen LogP contribution in [0.1, 0.15) is 0 Å². The lowest BCUT2D eigenvalue weighted by molar-refractivity contribution is 1.33. The van der Waals surface area contributed by atoms with Crippen LogP contribution < -0.4 is 0 Å². The van der Waals surface area contributed by atoms with Gasteiger partial charge in [0, 0.05) is 49.6 Å². The first-order valence-corrected chi connectivity index (χ1v) is 18.0. The van der Waals surface area contributed by atoms with Crippen molar-refractivity contribution < 1.29 is 0 Å². The summed E-state index contributed by atoms with van der Waals surface area (Å²) in [5, 5.41) is 0. The minimum absolute atomic E-state index is 1.14. The molecule has 0 amide bonds. The van der Waals surface area contributed by atoms with Crippen molar-refractivity contribution in [3.63, 3.8) is 0 Å². The molecule has 0 bridgehead atoms. The zero-order chi connectivity index (χ0) is 36.1. The molecule has 0 saturated heterocycles. The fourth-order valence-corrected chi connectivity index (χ4v) is 7.20. The maximum absolute atomic E-state index is 4.23. The number of aromatic nitrogens is 4. The first-order valence-electron chi connectivity index (χ1n) is 18.0. The first-order chi connectivity index (χ1) is 26.8. The Balaban J connectivity index is 1.25. The third kappa shape index (κ3) is 6.60. The van der Waals surface area contributed by atoms with Crippen molar-refractivity contribution in [3.8, 4) is 89.0 Å². The van der Waals surface area contributed by atoms with Crippen LogP contribution in [-0.2, 0) is 0 Å². The summed E-state index contributed by atoms with van der Waals surface area (Å²) >= 11 is 0. The highest BCUT2D eigenvalue weighted by Crippen LogP contribution is 2.46. The normalized spacial score (nSPS) is 11.0. The van der Waals surface area contributed by atoms with E-state index in [0.29, 0.717) is 0 Å². The topological polar surface area (TPSA) is 51.6 Å². The SMILES string of the molecule is c1cc(-c2ccc(-c3ccc(-c4ccc(-c5ccncc5)cc4)c(-c4ccc(-c5ccncc5)cc4)c3-c3ccc(-c4ccncc4)cc3)cc2)ccn1. The van der Waals surface area contributed by atoms with Gasteiger partial charge in [0.25, 0.3) is 0 Å². The van der Waals surface area contributed by atoms with Crippen LogP contribution in [0, 0.1) is 0 Å². The number of nitrogens with zero attached hydrogens (tertiary/aromatic N) is 4. The Morgan fingerprint density at radius 3 is 0.593 bits per heavy atom. The van der Waals surface area contributed by atoms with Crippen LogP contribution >= 0.6 is 0 Å². The van der Waals surface area contributed by atoms with Gasteiger partial charge in [-0.3, -0.25) is 19.9 Å². The van der Waals surface area contributed by atoms with E-state index >= 15 is 0 Å². The van der Waals surface area contributed by atoms with Crippen LogP contribution in [0.5, 0.6) is 0 Å². The van der Waals surface area contributed by atoms with Gasteiger partial charge in [-0.25, -0.2) is 0 Å². The highest BCUT2D eigenvalue weighted by atomic mass is 14.6. The molecular formula is C50H34N4. The molecule has 254 valence electrons. The first kappa shape index (κ1) is 32.6. The number of pyridine rings is 4. The summed E-state index contributed by atoms with van der Waals surface area (Å²) < 4.78 is 0. The third-order valence-electron chi connectivity index (χ3n) is 10.00. The summed E-state index contributed by atoms with van der Waals surface area (Å²) in [6.07, 6.45) is 14.7. The molecule has 0 atom stereocenters. The highest BCUT2D eigenvalue weighted by Gasteiger charge is 2.20. The second kappa shape index (κ2) is 14.7. The number of hydrogen-bond acceptors (Lipinski definition) is 4. The van der Waals surface area contributed by atoms with Crippen LogP contribution in [0.2, 0.25) is 0 Å². The van der Waals surface area contributed by atoms with Crippen molar-refractivity contribution in [1.82, 2.24) is 19.9 Å². The number of rotatable bonds is 8. The highest BCUT2D eigenvalue weighted by molar-refractivity contribution is 6.02. The lowest BCUT2D eigenvalue weighted by Crippen LogP contribution is -1.95. The average molecular weight is 691 g/mol. The summed E-state index contributed by atoms with van der Waals surface area (Å²) in [6.45, 7) is 0. The molecule has 0 aliphatic rings. The van der Waals surface area contributed by atoms with Gasteiger partial charge in [0.05, 0.1) is 0 Å². The lowest BCUT2D eigenvalue weighted by atomic mass is 9.82. The smallest absolute Gasteiger partial charge is 0.0273 e. The molecule has 4 aromatic heterocycles. The molecule has 54 heavy (non-hydrogen) atoms. The maximum atomic E-state index is 4.23. The fraction of sp³-hybridized carbons (Fsp3) is 0. The van der Waals surface area contributed by atoms with Crippen molar-refractivity contribution in [2.75, 3.05) is 0 Å². The molecule has 0 aliphatic carbocycles. The predicted octanol–water partition coefficient (Wildman–Crippen LogP) is 12.6. The molecule has 0 spiro atoms. The zero-order valence-electron chi connectivity index (χ0n) is 29.4. The quantitative estimate of drug-likeness (QED) is 0.159. The van der Waals surface area contributed by atoms with Crippen LogP contribution in [0.4, 0.5) is 0 Å². The fourth-order valence-electron chi connectivity index (χ4n) is 7.20. The van der Waals surface area contributed by atoms with E-state index < -0.39 is 0 Å². The van der Waals surface area contributed by atoms with Crippen molar-refractivity contribution >= 4 is 0 Å². The van der Waals surface area contributed by atoms with E-state index in [0.717, 1.165) is 66.8 Å². The van der Waals surface area contributed by atoms with Crippen molar-refractivity contribution in [2.24, 2.45) is 0 Å². The maximum Gasteiger partial charge on any atom is 0.0273 e. The predicted molar refractivity (Wildman–Crippen MR) is 221 cm³/mol. The Morgan fingerprint density at radius 2 is 0.352 bits per heavy atom. The van der Waals surface area contributed by atoms with E-state index in [2.05, 4.69) is 153 Å². The molecule has 0 unspecified atom stereocenters. The average Bonchev–Trinajstić information content (AvgIpc) is 3.27. The molecule has 0 fully saturated rings. The van der Waals surface area contributed by atoms with Gasteiger partial charge in [-0.1, -0.05) is 109 Å². The van der Waals surface area contributed by atoms with Crippen molar-refractivity contribution in [3.05, 3.63) is 207 Å². The third-order valence-corrected chi connectivity index (χ3v) is 10.00. The van der Waals surface area contributed by atoms with Crippen LogP contribution in [0.3, 0.4) is 0 Å². The Morgan fingerprint density at radius 1 is 0.167 bits per heavy atom. The van der Waals surface area contributed by atoms with Crippen molar-refractivity contribution in [2.45, 2.75) is 0 Å². The van der Waals surface area contributed by atoms with Gasteiger partial charge in [-0.15, -0.1) is 0 Å². The van der Waals surface area contributed by atoms with E-state index in [4.69, 9.17) is 0 Å². The van der Waals surface area contributed by atoms with E-state index in [1.165, 1.54) is 22.3 Å². The molecule has 9 rings (SSSR count). The largest absolute Gasteiger partial charge is 0.265 e. The van der Waals surface area contributed by atoms with Crippen LogP contribution in [-0.4, -0.2) is 19.9 Å². The van der Waals surface area contributed by atoms with Gasteiger partial charge in [-0.2, -0.15) is 0 Å². The summed E-state index contributed by atoms with van der Waals surface area (Å²) in [5.74, 6) is 0. The standard InChI is InChI=1S/C50H34N4/c1-9-43(10-2-35(1)39-19-27-51-28-20-39)47-17-18-48(44-11-3-36(4-12-44)40-21-29-52-30-22-40)50(46-15-7-38(8-16-46)42-25-33-54-34-26-42)49(47)45-13-5-37(6-14-45)41-23-31-53-32-24-41/h1-34H. The van der Waals surface area contributed by atoms with E-state index in [9.17, 15) is 0 Å². The molecule has 0 N–H and O–H groups in total. The zero-order valence-corrected chi connectivity index (χ0v) is 29.4. The Bertz CT molecular complexity index is 2440. The van der Waals surface area contributed by atoms with Gasteiger partial charge >= 0.3 is 0 Å². The van der Waals surface area contributed by atoms with E-state index in [1.54, 1.807) is 0 Å². The molecule has 0 saturated carbocycles. The second-order valence-electron chi connectivity index (χ2n) is 13.2. The minimum Gasteiger partial charge on any atom is -0.265 e. The van der Waals surface area contributed by atoms with Gasteiger partial charge in [0.1, 0.15) is 0 Å². The molecule has 4 heteroatoms. The molecule has 0 aliphatic heterocycles. The van der Waals surface area contributed by atoms with Crippen LogP contribution in [0.25, 0.3) is 89.0 Å². The molecule has 4 heterocycles. The minimum atomic E-state index is 1.14. The van der Waals surface area contributed by atoms with Gasteiger partial charge in [0.15, 0.2) is 0 Å². The van der Waals surface area contributed by atoms with Gasteiger partial charge in [0.2, 0.25) is 0 Å². The molecule has 0 radical (unpaired) electrons.